The van der Waals surface area contributed by atoms with Gasteiger partial charge >= 0.3 is 0 Å². The van der Waals surface area contributed by atoms with Crippen molar-refractivity contribution in [3.63, 3.8) is 0 Å². The minimum atomic E-state index is -0.446. The molecule has 1 fully saturated rings. The lowest BCUT2D eigenvalue weighted by Gasteiger charge is -2.40. The highest BCUT2D eigenvalue weighted by Crippen LogP contribution is 2.27. The quantitative estimate of drug-likeness (QED) is 0.668. The van der Waals surface area contributed by atoms with Crippen molar-refractivity contribution in [2.45, 2.75) is 25.8 Å². The molecule has 30 heavy (non-hydrogen) atoms. The number of hydrogen-bond donors (Lipinski definition) is 1. The summed E-state index contributed by atoms with van der Waals surface area (Å²) in [5.41, 5.74) is 0.700. The van der Waals surface area contributed by atoms with E-state index in [0.717, 1.165) is 12.8 Å². The maximum atomic E-state index is 13.9. The Hall–Kier alpha value is -3.00. The monoisotopic (exact) mass is 428 g/mol. The Morgan fingerprint density at radius 3 is 2.80 bits per heavy atom. The van der Waals surface area contributed by atoms with Crippen LogP contribution in [0.5, 0.6) is 0 Å². The van der Waals surface area contributed by atoms with Gasteiger partial charge in [0.05, 0.1) is 29.0 Å². The van der Waals surface area contributed by atoms with E-state index in [0.29, 0.717) is 41.1 Å². The summed E-state index contributed by atoms with van der Waals surface area (Å²) in [7, 11) is 0. The summed E-state index contributed by atoms with van der Waals surface area (Å²) < 4.78 is 13.9. The number of piperidine rings is 1. The summed E-state index contributed by atoms with van der Waals surface area (Å²) in [6.45, 7) is 3.33. The third-order valence-corrected chi connectivity index (χ3v) is 5.64. The summed E-state index contributed by atoms with van der Waals surface area (Å²) >= 11 is 5.90. The van der Waals surface area contributed by atoms with Crippen LogP contribution in [0, 0.1) is 11.7 Å². The number of carbonyl (C=O) groups is 1. The summed E-state index contributed by atoms with van der Waals surface area (Å²) in [6, 6.07) is 7.62. The van der Waals surface area contributed by atoms with Crippen LogP contribution in [-0.2, 0) is 0 Å². The number of aromatic nitrogens is 4. The highest BCUT2D eigenvalue weighted by Gasteiger charge is 2.33. The van der Waals surface area contributed by atoms with Gasteiger partial charge in [0.25, 0.3) is 5.91 Å². The fourth-order valence-corrected chi connectivity index (χ4v) is 3.96. The van der Waals surface area contributed by atoms with Gasteiger partial charge in [0, 0.05) is 25.4 Å². The third-order valence-electron chi connectivity index (χ3n) is 5.42. The molecular weight excluding hydrogens is 407 g/mol. The molecule has 2 unspecified atom stereocenters. The van der Waals surface area contributed by atoms with Crippen molar-refractivity contribution in [1.82, 2.24) is 24.9 Å². The van der Waals surface area contributed by atoms with Crippen molar-refractivity contribution in [2.75, 3.05) is 18.4 Å². The Morgan fingerprint density at radius 1 is 1.27 bits per heavy atom. The topological polar surface area (TPSA) is 75.9 Å². The van der Waals surface area contributed by atoms with Crippen LogP contribution >= 0.6 is 11.6 Å². The van der Waals surface area contributed by atoms with E-state index in [1.165, 1.54) is 35.4 Å². The number of anilines is 1. The molecule has 7 nitrogen and oxygen atoms in total. The van der Waals surface area contributed by atoms with Gasteiger partial charge in [-0.05, 0) is 43.0 Å². The van der Waals surface area contributed by atoms with Gasteiger partial charge in [0.15, 0.2) is 0 Å². The minimum absolute atomic E-state index is 0.0350. The first kappa shape index (κ1) is 20.3. The van der Waals surface area contributed by atoms with Crippen LogP contribution in [0.2, 0.25) is 5.02 Å². The van der Waals surface area contributed by atoms with E-state index in [-0.39, 0.29) is 11.9 Å². The van der Waals surface area contributed by atoms with Gasteiger partial charge in [-0.2, -0.15) is 15.0 Å². The number of nitrogens with one attached hydrogen (secondary N) is 1. The smallest absolute Gasteiger partial charge is 0.256 e. The minimum Gasteiger partial charge on any atom is -0.368 e. The molecule has 1 aliphatic rings. The molecule has 1 aliphatic heterocycles. The second-order valence-electron chi connectivity index (χ2n) is 7.41. The zero-order chi connectivity index (χ0) is 21.1. The van der Waals surface area contributed by atoms with Crippen LogP contribution in [0.15, 0.2) is 48.9 Å². The number of nitrogens with zero attached hydrogens (tertiary/aromatic N) is 5. The normalized spacial score (nSPS) is 19.0. The van der Waals surface area contributed by atoms with Crippen LogP contribution in [0.1, 0.15) is 30.1 Å². The van der Waals surface area contributed by atoms with E-state index >= 15 is 0 Å². The highest BCUT2D eigenvalue weighted by atomic mass is 35.5. The van der Waals surface area contributed by atoms with E-state index in [1.54, 1.807) is 12.3 Å². The van der Waals surface area contributed by atoms with Crippen LogP contribution < -0.4 is 5.32 Å². The van der Waals surface area contributed by atoms with Gasteiger partial charge in [-0.3, -0.25) is 4.79 Å². The fourth-order valence-electron chi connectivity index (χ4n) is 3.85. The number of hydrogen-bond acceptors (Lipinski definition) is 5. The largest absolute Gasteiger partial charge is 0.368 e. The summed E-state index contributed by atoms with van der Waals surface area (Å²) in [5, 5.41) is 12.0. The number of pyridine rings is 1. The number of likely N-dealkylation sites (tertiary alicyclic amines) is 1. The molecule has 9 heteroatoms. The first-order valence-electron chi connectivity index (χ1n) is 9.85. The molecule has 1 aromatic carbocycles. The molecule has 0 bridgehead atoms. The predicted octanol–water partition coefficient (Wildman–Crippen LogP) is 3.81. The Kier molecular flexibility index (Phi) is 5.94. The molecule has 2 atom stereocenters. The van der Waals surface area contributed by atoms with Crippen molar-refractivity contribution in [2.24, 2.45) is 5.92 Å². The number of halogens is 2. The molecule has 0 aliphatic carbocycles. The zero-order valence-electron chi connectivity index (χ0n) is 16.5. The molecular formula is C21H22ClFN6O. The number of rotatable bonds is 5. The van der Waals surface area contributed by atoms with Crippen LogP contribution in [-0.4, -0.2) is 49.9 Å². The third kappa shape index (κ3) is 4.28. The second-order valence-corrected chi connectivity index (χ2v) is 7.84. The lowest BCUT2D eigenvalue weighted by atomic mass is 9.90. The molecule has 156 valence electrons. The van der Waals surface area contributed by atoms with E-state index in [2.05, 4.69) is 27.4 Å². The highest BCUT2D eigenvalue weighted by molar-refractivity contribution is 6.30. The van der Waals surface area contributed by atoms with Gasteiger partial charge in [0.2, 0.25) is 0 Å². The van der Waals surface area contributed by atoms with Crippen LogP contribution in [0.25, 0.3) is 5.69 Å². The molecule has 2 aromatic heterocycles. The Labute approximate surface area is 178 Å². The van der Waals surface area contributed by atoms with Crippen molar-refractivity contribution < 1.29 is 9.18 Å². The van der Waals surface area contributed by atoms with E-state index < -0.39 is 5.82 Å². The first-order valence-corrected chi connectivity index (χ1v) is 10.2. The van der Waals surface area contributed by atoms with Crippen LogP contribution in [0.3, 0.4) is 0 Å². The summed E-state index contributed by atoms with van der Waals surface area (Å²) in [5.74, 6) is 0.393. The predicted molar refractivity (Wildman–Crippen MR) is 112 cm³/mol. The number of benzene rings is 1. The lowest BCUT2D eigenvalue weighted by Crippen LogP contribution is -2.51. The average molecular weight is 429 g/mol. The molecule has 1 N–H and O–H groups in total. The van der Waals surface area contributed by atoms with Crippen molar-refractivity contribution in [3.05, 3.63) is 65.3 Å². The molecule has 3 heterocycles. The maximum Gasteiger partial charge on any atom is 0.256 e. The standard InChI is InChI=1S/C21H22ClFN6O/c1-14-3-2-10-28(19(14)13-25-20-7-4-15(22)12-24-20)21(30)17-6-5-16(23)11-18(17)29-26-8-9-27-29/h4-9,11-12,14,19H,2-3,10,13H2,1H3,(H,24,25). The Morgan fingerprint density at radius 2 is 2.07 bits per heavy atom. The van der Waals surface area contributed by atoms with Crippen molar-refractivity contribution in [3.8, 4) is 5.69 Å². The number of amides is 1. The molecule has 3 aromatic rings. The summed E-state index contributed by atoms with van der Waals surface area (Å²) in [6.07, 6.45) is 6.52. The fraction of sp³-hybridized carbons (Fsp3) is 0.333. The molecule has 1 amide bonds. The average Bonchev–Trinajstić information content (AvgIpc) is 3.28. The second kappa shape index (κ2) is 8.79. The summed E-state index contributed by atoms with van der Waals surface area (Å²) in [4.78, 5) is 20.9. The molecule has 0 radical (unpaired) electrons. The van der Waals surface area contributed by atoms with Gasteiger partial charge in [-0.25, -0.2) is 9.37 Å². The van der Waals surface area contributed by atoms with Crippen LogP contribution in [0.4, 0.5) is 10.2 Å². The lowest BCUT2D eigenvalue weighted by molar-refractivity contribution is 0.0539. The van der Waals surface area contributed by atoms with Crippen molar-refractivity contribution in [1.29, 1.82) is 0 Å². The van der Waals surface area contributed by atoms with Gasteiger partial charge < -0.3 is 10.2 Å². The Balaban J connectivity index is 1.59. The van der Waals surface area contributed by atoms with E-state index in [1.807, 2.05) is 11.0 Å². The maximum absolute atomic E-state index is 13.9. The number of carbonyl (C=O) groups excluding carboxylic acids is 1. The van der Waals surface area contributed by atoms with E-state index in [9.17, 15) is 9.18 Å². The van der Waals surface area contributed by atoms with Gasteiger partial charge in [0.1, 0.15) is 17.3 Å². The van der Waals surface area contributed by atoms with E-state index in [4.69, 9.17) is 11.6 Å². The van der Waals surface area contributed by atoms with Gasteiger partial charge in [-0.15, -0.1) is 0 Å². The van der Waals surface area contributed by atoms with Crippen molar-refractivity contribution >= 4 is 23.3 Å². The Bertz CT molecular complexity index is 1010. The first-order chi connectivity index (χ1) is 14.5. The van der Waals surface area contributed by atoms with Gasteiger partial charge in [-0.1, -0.05) is 18.5 Å². The molecule has 0 spiro atoms. The molecule has 0 saturated carbocycles. The molecule has 4 rings (SSSR count). The zero-order valence-corrected chi connectivity index (χ0v) is 17.3. The molecule has 1 saturated heterocycles. The SMILES string of the molecule is CC1CCCN(C(=O)c2ccc(F)cc2-n2nccn2)C1CNc1ccc(Cl)cn1.